The first-order valence-corrected chi connectivity index (χ1v) is 9.35. The number of thiophene rings is 1. The molecule has 1 saturated heterocycles. The number of urea groups is 1. The summed E-state index contributed by atoms with van der Waals surface area (Å²) in [5.41, 5.74) is 0.863. The second kappa shape index (κ2) is 8.26. The van der Waals surface area contributed by atoms with E-state index in [-0.39, 0.29) is 18.1 Å². The third-order valence-corrected chi connectivity index (χ3v) is 5.36. The molecule has 2 atom stereocenters. The molecule has 0 radical (unpaired) electrons. The van der Waals surface area contributed by atoms with Crippen LogP contribution >= 0.6 is 11.3 Å². The van der Waals surface area contributed by atoms with Crippen molar-refractivity contribution in [2.75, 3.05) is 19.6 Å². The van der Waals surface area contributed by atoms with Crippen molar-refractivity contribution in [1.82, 2.24) is 20.5 Å². The van der Waals surface area contributed by atoms with Gasteiger partial charge >= 0.3 is 6.03 Å². The normalized spacial score (nSPS) is 17.4. The SMILES string of the molecule is C[C@@H](NC(=O)NC[C@H](c1cccs1)N1CCCC1)c1ccccn1. The van der Waals surface area contributed by atoms with E-state index < -0.39 is 0 Å². The van der Waals surface area contributed by atoms with Crippen LogP contribution in [0.2, 0.25) is 0 Å². The van der Waals surface area contributed by atoms with Crippen LogP contribution in [0, 0.1) is 0 Å². The summed E-state index contributed by atoms with van der Waals surface area (Å²) in [5.74, 6) is 0. The van der Waals surface area contributed by atoms with Gasteiger partial charge in [0.2, 0.25) is 0 Å². The van der Waals surface area contributed by atoms with Gasteiger partial charge in [-0.3, -0.25) is 9.88 Å². The van der Waals surface area contributed by atoms with Crippen LogP contribution in [-0.4, -0.2) is 35.5 Å². The Morgan fingerprint density at radius 1 is 1.29 bits per heavy atom. The first-order valence-electron chi connectivity index (χ1n) is 8.47. The molecule has 24 heavy (non-hydrogen) atoms. The van der Waals surface area contributed by atoms with Crippen molar-refractivity contribution in [1.29, 1.82) is 0 Å². The molecular formula is C18H24N4OS. The van der Waals surface area contributed by atoms with Gasteiger partial charge in [0.05, 0.1) is 17.8 Å². The molecule has 0 saturated carbocycles. The van der Waals surface area contributed by atoms with Crippen molar-refractivity contribution in [3.05, 3.63) is 52.5 Å². The number of hydrogen-bond donors (Lipinski definition) is 2. The van der Waals surface area contributed by atoms with Crippen LogP contribution in [0.3, 0.4) is 0 Å². The molecule has 3 rings (SSSR count). The number of aromatic nitrogens is 1. The van der Waals surface area contributed by atoms with Gasteiger partial charge in [-0.2, -0.15) is 0 Å². The molecule has 0 unspecified atom stereocenters. The minimum Gasteiger partial charge on any atom is -0.336 e. The van der Waals surface area contributed by atoms with E-state index in [4.69, 9.17) is 0 Å². The van der Waals surface area contributed by atoms with Crippen LogP contribution in [-0.2, 0) is 0 Å². The zero-order valence-electron chi connectivity index (χ0n) is 13.9. The molecule has 1 aliphatic rings. The van der Waals surface area contributed by atoms with Gasteiger partial charge in [-0.1, -0.05) is 12.1 Å². The Bertz CT molecular complexity index is 626. The summed E-state index contributed by atoms with van der Waals surface area (Å²) in [6, 6.07) is 9.96. The minimum absolute atomic E-state index is 0.113. The number of nitrogens with one attached hydrogen (secondary N) is 2. The van der Waals surface area contributed by atoms with E-state index in [2.05, 4.69) is 38.0 Å². The van der Waals surface area contributed by atoms with Gasteiger partial charge in [0, 0.05) is 17.6 Å². The predicted octanol–water partition coefficient (Wildman–Crippen LogP) is 3.34. The lowest BCUT2D eigenvalue weighted by Gasteiger charge is -2.27. The summed E-state index contributed by atoms with van der Waals surface area (Å²) in [5, 5.41) is 8.09. The Balaban J connectivity index is 1.55. The van der Waals surface area contributed by atoms with Crippen molar-refractivity contribution in [2.24, 2.45) is 0 Å². The van der Waals surface area contributed by atoms with E-state index in [1.54, 1.807) is 17.5 Å². The number of nitrogens with zero attached hydrogens (tertiary/aromatic N) is 2. The average molecular weight is 344 g/mol. The quantitative estimate of drug-likeness (QED) is 0.845. The van der Waals surface area contributed by atoms with Crippen molar-refractivity contribution < 1.29 is 4.79 Å². The molecule has 128 valence electrons. The molecule has 3 heterocycles. The van der Waals surface area contributed by atoms with Crippen LogP contribution in [0.4, 0.5) is 4.79 Å². The first kappa shape index (κ1) is 16.9. The lowest BCUT2D eigenvalue weighted by atomic mass is 10.2. The van der Waals surface area contributed by atoms with Crippen LogP contribution in [0.5, 0.6) is 0 Å². The highest BCUT2D eigenvalue weighted by Gasteiger charge is 2.24. The molecule has 0 spiro atoms. The molecule has 2 amide bonds. The maximum absolute atomic E-state index is 12.3. The Labute approximate surface area is 147 Å². The topological polar surface area (TPSA) is 57.3 Å². The molecule has 5 nitrogen and oxygen atoms in total. The third kappa shape index (κ3) is 4.33. The third-order valence-electron chi connectivity index (χ3n) is 4.39. The average Bonchev–Trinajstić information content (AvgIpc) is 3.30. The summed E-state index contributed by atoms with van der Waals surface area (Å²) < 4.78 is 0. The van der Waals surface area contributed by atoms with Gasteiger partial charge in [-0.05, 0) is 56.4 Å². The largest absolute Gasteiger partial charge is 0.336 e. The van der Waals surface area contributed by atoms with E-state index in [0.29, 0.717) is 6.54 Å². The summed E-state index contributed by atoms with van der Waals surface area (Å²) in [4.78, 5) is 20.3. The maximum atomic E-state index is 12.3. The number of amides is 2. The zero-order valence-corrected chi connectivity index (χ0v) is 14.8. The molecule has 2 aromatic rings. The fraction of sp³-hybridized carbons (Fsp3) is 0.444. The van der Waals surface area contributed by atoms with E-state index >= 15 is 0 Å². The smallest absolute Gasteiger partial charge is 0.315 e. The van der Waals surface area contributed by atoms with Gasteiger partial charge in [0.25, 0.3) is 0 Å². The molecule has 6 heteroatoms. The number of carbonyl (C=O) groups is 1. The van der Waals surface area contributed by atoms with Crippen molar-refractivity contribution in [3.8, 4) is 0 Å². The second-order valence-electron chi connectivity index (χ2n) is 6.10. The standard InChI is InChI=1S/C18H24N4OS/c1-14(15-7-2-3-9-19-15)21-18(23)20-13-16(17-8-6-12-24-17)22-10-4-5-11-22/h2-3,6-9,12,14,16H,4-5,10-11,13H2,1H3,(H2,20,21,23)/t14-,16-/m1/s1. The fourth-order valence-corrected chi connectivity index (χ4v) is 3.95. The highest BCUT2D eigenvalue weighted by atomic mass is 32.1. The summed E-state index contributed by atoms with van der Waals surface area (Å²) in [6.07, 6.45) is 4.22. The van der Waals surface area contributed by atoms with Gasteiger partial charge in [-0.25, -0.2) is 4.79 Å². The Kier molecular flexibility index (Phi) is 5.82. The lowest BCUT2D eigenvalue weighted by molar-refractivity contribution is 0.220. The molecule has 1 fully saturated rings. The Morgan fingerprint density at radius 3 is 2.79 bits per heavy atom. The van der Waals surface area contributed by atoms with E-state index in [9.17, 15) is 4.79 Å². The second-order valence-corrected chi connectivity index (χ2v) is 7.08. The summed E-state index contributed by atoms with van der Waals surface area (Å²) >= 11 is 1.76. The Hall–Kier alpha value is -1.92. The van der Waals surface area contributed by atoms with Crippen molar-refractivity contribution >= 4 is 17.4 Å². The van der Waals surface area contributed by atoms with Crippen molar-refractivity contribution in [2.45, 2.75) is 31.8 Å². The van der Waals surface area contributed by atoms with Gasteiger partial charge < -0.3 is 10.6 Å². The highest BCUT2D eigenvalue weighted by molar-refractivity contribution is 7.10. The van der Waals surface area contributed by atoms with Crippen LogP contribution in [0.1, 0.15) is 42.4 Å². The van der Waals surface area contributed by atoms with Crippen LogP contribution < -0.4 is 10.6 Å². The monoisotopic (exact) mass is 344 g/mol. The van der Waals surface area contributed by atoms with Crippen LogP contribution in [0.25, 0.3) is 0 Å². The lowest BCUT2D eigenvalue weighted by Crippen LogP contribution is -2.42. The molecule has 1 aliphatic heterocycles. The first-order chi connectivity index (χ1) is 11.7. The van der Waals surface area contributed by atoms with Crippen LogP contribution in [0.15, 0.2) is 41.9 Å². The number of hydrogen-bond acceptors (Lipinski definition) is 4. The number of rotatable bonds is 6. The number of carbonyl (C=O) groups excluding carboxylic acids is 1. The molecule has 2 aromatic heterocycles. The van der Waals surface area contributed by atoms with Gasteiger partial charge in [-0.15, -0.1) is 11.3 Å². The molecular weight excluding hydrogens is 320 g/mol. The predicted molar refractivity (Wildman–Crippen MR) is 97.1 cm³/mol. The summed E-state index contributed by atoms with van der Waals surface area (Å²) in [6.45, 7) is 4.78. The molecule has 2 N–H and O–H groups in total. The fourth-order valence-electron chi connectivity index (χ4n) is 3.09. The zero-order chi connectivity index (χ0) is 16.8. The van der Waals surface area contributed by atoms with Gasteiger partial charge in [0.15, 0.2) is 0 Å². The van der Waals surface area contributed by atoms with Crippen molar-refractivity contribution in [3.63, 3.8) is 0 Å². The highest BCUT2D eigenvalue weighted by Crippen LogP contribution is 2.27. The Morgan fingerprint density at radius 2 is 2.12 bits per heavy atom. The van der Waals surface area contributed by atoms with Gasteiger partial charge in [0.1, 0.15) is 0 Å². The molecule has 0 bridgehead atoms. The summed E-state index contributed by atoms with van der Waals surface area (Å²) in [7, 11) is 0. The number of pyridine rings is 1. The van der Waals surface area contributed by atoms with E-state index in [0.717, 1.165) is 18.8 Å². The maximum Gasteiger partial charge on any atom is 0.315 e. The van der Waals surface area contributed by atoms with E-state index in [1.165, 1.54) is 17.7 Å². The molecule has 0 aromatic carbocycles. The minimum atomic E-state index is -0.145. The molecule has 0 aliphatic carbocycles. The van der Waals surface area contributed by atoms with E-state index in [1.807, 2.05) is 25.1 Å². The number of likely N-dealkylation sites (tertiary alicyclic amines) is 1.